The van der Waals surface area contributed by atoms with Gasteiger partial charge in [0.05, 0.1) is 11.3 Å². The summed E-state index contributed by atoms with van der Waals surface area (Å²) >= 11 is 8.65. The largest absolute Gasteiger partial charge is 0.255 e. The van der Waals surface area contributed by atoms with Crippen molar-refractivity contribution in [3.63, 3.8) is 0 Å². The Morgan fingerprint density at radius 1 is 0.656 bits per heavy atom. The van der Waals surface area contributed by atoms with Crippen molar-refractivity contribution >= 4 is 54.5 Å². The molecular formula is C23H17Br2F4IN2. The Balaban J connectivity index is 0.000000257. The van der Waals surface area contributed by atoms with Gasteiger partial charge in [-0.05, 0) is 103 Å². The summed E-state index contributed by atoms with van der Waals surface area (Å²) in [6, 6.07) is 15.5. The molecule has 0 unspecified atom stereocenters. The third-order valence-corrected chi connectivity index (χ3v) is 5.00. The van der Waals surface area contributed by atoms with Crippen molar-refractivity contribution in [3.05, 3.63) is 115 Å². The van der Waals surface area contributed by atoms with Crippen LogP contribution >= 0.6 is 54.5 Å². The SMILES string of the molecule is Brc1ccc(I)nc1.C.Fc1cccc(F)c1.Fc1cccc(F)c1-c1ccc(Br)cn1. The minimum Gasteiger partial charge on any atom is -0.255 e. The summed E-state index contributed by atoms with van der Waals surface area (Å²) in [5.74, 6) is -2.29. The van der Waals surface area contributed by atoms with Crippen LogP contribution in [0.5, 0.6) is 0 Å². The fourth-order valence-electron chi connectivity index (χ4n) is 2.08. The number of halogens is 7. The number of benzene rings is 2. The topological polar surface area (TPSA) is 25.8 Å². The van der Waals surface area contributed by atoms with Crippen LogP contribution in [0.4, 0.5) is 17.6 Å². The number of rotatable bonds is 1. The first-order chi connectivity index (χ1) is 14.8. The van der Waals surface area contributed by atoms with Crippen LogP contribution in [0.2, 0.25) is 0 Å². The van der Waals surface area contributed by atoms with E-state index >= 15 is 0 Å². The molecule has 32 heavy (non-hydrogen) atoms. The Morgan fingerprint density at radius 3 is 1.53 bits per heavy atom. The first-order valence-electron chi connectivity index (χ1n) is 8.50. The Hall–Kier alpha value is -1.85. The van der Waals surface area contributed by atoms with Crippen molar-refractivity contribution in [2.75, 3.05) is 0 Å². The van der Waals surface area contributed by atoms with Crippen LogP contribution < -0.4 is 0 Å². The number of aromatic nitrogens is 2. The highest BCUT2D eigenvalue weighted by Gasteiger charge is 2.11. The monoisotopic (exact) mass is 682 g/mol. The zero-order valence-electron chi connectivity index (χ0n) is 15.5. The molecule has 168 valence electrons. The summed E-state index contributed by atoms with van der Waals surface area (Å²) in [7, 11) is 0. The van der Waals surface area contributed by atoms with E-state index in [2.05, 4.69) is 64.4 Å². The zero-order chi connectivity index (χ0) is 22.8. The Labute approximate surface area is 214 Å². The lowest BCUT2D eigenvalue weighted by Crippen LogP contribution is -1.91. The van der Waals surface area contributed by atoms with E-state index in [-0.39, 0.29) is 18.7 Å². The molecule has 0 saturated heterocycles. The smallest absolute Gasteiger partial charge is 0.135 e. The van der Waals surface area contributed by atoms with E-state index in [9.17, 15) is 17.6 Å². The van der Waals surface area contributed by atoms with E-state index < -0.39 is 23.3 Å². The maximum atomic E-state index is 13.3. The van der Waals surface area contributed by atoms with Gasteiger partial charge >= 0.3 is 0 Å². The molecule has 0 bridgehead atoms. The molecule has 9 heteroatoms. The second kappa shape index (κ2) is 14.3. The second-order valence-corrected chi connectivity index (χ2v) is 8.63. The molecule has 0 aliphatic rings. The van der Waals surface area contributed by atoms with Crippen LogP contribution in [0.15, 0.2) is 88.1 Å². The summed E-state index contributed by atoms with van der Waals surface area (Å²) in [6.07, 6.45) is 3.28. The third-order valence-electron chi connectivity index (χ3n) is 3.42. The molecule has 4 aromatic rings. The zero-order valence-corrected chi connectivity index (χ0v) is 20.9. The molecule has 0 aliphatic carbocycles. The molecule has 0 atom stereocenters. The third kappa shape index (κ3) is 9.74. The molecule has 0 spiro atoms. The number of nitrogens with zero attached hydrogens (tertiary/aromatic N) is 2. The molecular weight excluding hydrogens is 667 g/mol. The predicted molar refractivity (Wildman–Crippen MR) is 135 cm³/mol. The standard InChI is InChI=1S/C11H6BrF2N.C6H4F2.C5H3BrIN.CH4/c12-7-4-5-10(15-6-7)11-8(13)2-1-3-9(11)14;7-5-2-1-3-6(8)4-5;6-4-1-2-5(7)8-3-4;/h1-6H;1-4H;1-3H;1H4. The summed E-state index contributed by atoms with van der Waals surface area (Å²) in [4.78, 5) is 7.96. The summed E-state index contributed by atoms with van der Waals surface area (Å²) in [5.41, 5.74) is 0.193. The number of hydrogen-bond donors (Lipinski definition) is 0. The molecule has 0 aliphatic heterocycles. The lowest BCUT2D eigenvalue weighted by Gasteiger charge is -2.03. The highest BCUT2D eigenvalue weighted by Crippen LogP contribution is 2.24. The van der Waals surface area contributed by atoms with E-state index in [1.54, 1.807) is 18.3 Å². The fraction of sp³-hybridized carbons (Fsp3) is 0.0435. The average Bonchev–Trinajstić information content (AvgIpc) is 2.72. The van der Waals surface area contributed by atoms with Crippen LogP contribution in [-0.4, -0.2) is 9.97 Å². The molecule has 4 rings (SSSR count). The second-order valence-electron chi connectivity index (χ2n) is 5.70. The van der Waals surface area contributed by atoms with E-state index in [1.807, 2.05) is 12.1 Å². The van der Waals surface area contributed by atoms with E-state index in [0.717, 1.165) is 18.7 Å². The maximum absolute atomic E-state index is 13.3. The first-order valence-corrected chi connectivity index (χ1v) is 11.2. The average molecular weight is 684 g/mol. The predicted octanol–water partition coefficient (Wildman–Crippen LogP) is 8.84. The van der Waals surface area contributed by atoms with Gasteiger partial charge in [-0.3, -0.25) is 4.98 Å². The quantitative estimate of drug-likeness (QED) is 0.114. The minimum atomic E-state index is -0.607. The van der Waals surface area contributed by atoms with Crippen LogP contribution in [-0.2, 0) is 0 Å². The molecule has 2 nitrogen and oxygen atoms in total. The van der Waals surface area contributed by atoms with Crippen molar-refractivity contribution in [2.24, 2.45) is 0 Å². The van der Waals surface area contributed by atoms with Gasteiger partial charge in [0, 0.05) is 27.4 Å². The fourth-order valence-corrected chi connectivity index (χ4v) is 2.87. The lowest BCUT2D eigenvalue weighted by molar-refractivity contribution is 0.583. The van der Waals surface area contributed by atoms with E-state index in [1.165, 1.54) is 42.6 Å². The van der Waals surface area contributed by atoms with Gasteiger partial charge in [-0.2, -0.15) is 0 Å². The molecule has 2 heterocycles. The van der Waals surface area contributed by atoms with Crippen LogP contribution in [0, 0.1) is 27.0 Å². The summed E-state index contributed by atoms with van der Waals surface area (Å²) in [5, 5.41) is 0. The Bertz CT molecular complexity index is 1050. The van der Waals surface area contributed by atoms with Crippen LogP contribution in [0.1, 0.15) is 7.43 Å². The number of hydrogen-bond acceptors (Lipinski definition) is 2. The van der Waals surface area contributed by atoms with Gasteiger partial charge in [0.2, 0.25) is 0 Å². The normalized spacial score (nSPS) is 9.47. The molecule has 0 amide bonds. The van der Waals surface area contributed by atoms with Gasteiger partial charge in [0.25, 0.3) is 0 Å². The lowest BCUT2D eigenvalue weighted by atomic mass is 10.1. The van der Waals surface area contributed by atoms with Gasteiger partial charge in [-0.15, -0.1) is 0 Å². The molecule has 2 aromatic heterocycles. The maximum Gasteiger partial charge on any atom is 0.135 e. The van der Waals surface area contributed by atoms with Gasteiger partial charge in [0.1, 0.15) is 27.0 Å². The molecule has 2 aromatic carbocycles. The van der Waals surface area contributed by atoms with Crippen molar-refractivity contribution in [2.45, 2.75) is 7.43 Å². The summed E-state index contributed by atoms with van der Waals surface area (Å²) in [6.45, 7) is 0. The molecule has 0 radical (unpaired) electrons. The van der Waals surface area contributed by atoms with Gasteiger partial charge in [-0.1, -0.05) is 19.6 Å². The van der Waals surface area contributed by atoms with Crippen molar-refractivity contribution in [3.8, 4) is 11.3 Å². The molecule has 0 fully saturated rings. The Kier molecular flexibility index (Phi) is 12.6. The van der Waals surface area contributed by atoms with Crippen molar-refractivity contribution in [1.29, 1.82) is 0 Å². The van der Waals surface area contributed by atoms with E-state index in [4.69, 9.17) is 0 Å². The first kappa shape index (κ1) is 28.2. The highest BCUT2D eigenvalue weighted by atomic mass is 127. The summed E-state index contributed by atoms with van der Waals surface area (Å²) < 4.78 is 53.4. The van der Waals surface area contributed by atoms with Crippen molar-refractivity contribution in [1.82, 2.24) is 9.97 Å². The van der Waals surface area contributed by atoms with E-state index in [0.29, 0.717) is 0 Å². The van der Waals surface area contributed by atoms with Crippen LogP contribution in [0.3, 0.4) is 0 Å². The molecule has 0 saturated carbocycles. The Morgan fingerprint density at radius 2 is 1.16 bits per heavy atom. The van der Waals surface area contributed by atoms with Crippen molar-refractivity contribution < 1.29 is 17.6 Å². The molecule has 0 N–H and O–H groups in total. The van der Waals surface area contributed by atoms with Crippen LogP contribution in [0.25, 0.3) is 11.3 Å². The minimum absolute atomic E-state index is 0. The highest BCUT2D eigenvalue weighted by molar-refractivity contribution is 14.1. The number of pyridine rings is 2. The van der Waals surface area contributed by atoms with Gasteiger partial charge in [0.15, 0.2) is 0 Å². The van der Waals surface area contributed by atoms with Gasteiger partial charge < -0.3 is 0 Å². The van der Waals surface area contributed by atoms with Gasteiger partial charge in [-0.25, -0.2) is 22.5 Å².